The largest absolute Gasteiger partial charge is 0.366 e. The minimum absolute atomic E-state index is 0.585. The van der Waals surface area contributed by atoms with Gasteiger partial charge in [0.25, 0.3) is 0 Å². The minimum Gasteiger partial charge on any atom is -0.366 e. The van der Waals surface area contributed by atoms with E-state index < -0.39 is 0 Å². The maximum absolute atomic E-state index is 5.54. The summed E-state index contributed by atoms with van der Waals surface area (Å²) in [6.07, 6.45) is 7.91. The van der Waals surface area contributed by atoms with Gasteiger partial charge in [0.2, 0.25) is 0 Å². The summed E-state index contributed by atoms with van der Waals surface area (Å²) in [4.78, 5) is 4.47. The van der Waals surface area contributed by atoms with E-state index in [-0.39, 0.29) is 0 Å². The highest BCUT2D eigenvalue weighted by molar-refractivity contribution is 5.45. The Kier molecular flexibility index (Phi) is 3.15. The fourth-order valence-corrected chi connectivity index (χ4v) is 2.56. The van der Waals surface area contributed by atoms with Crippen LogP contribution < -0.4 is 11.1 Å². The van der Waals surface area contributed by atoms with Gasteiger partial charge >= 0.3 is 0 Å². The van der Waals surface area contributed by atoms with Crippen LogP contribution in [0.2, 0.25) is 0 Å². The lowest BCUT2D eigenvalue weighted by Crippen LogP contribution is -2.16. The van der Waals surface area contributed by atoms with E-state index in [9.17, 15) is 0 Å². The van der Waals surface area contributed by atoms with Crippen molar-refractivity contribution in [3.63, 3.8) is 0 Å². The summed E-state index contributed by atoms with van der Waals surface area (Å²) in [7, 11) is 0. The van der Waals surface area contributed by atoms with Gasteiger partial charge in [-0.25, -0.2) is 9.50 Å². The van der Waals surface area contributed by atoms with Crippen molar-refractivity contribution in [1.82, 2.24) is 14.6 Å². The number of hydrogen-bond acceptors (Lipinski definition) is 4. The van der Waals surface area contributed by atoms with Crippen LogP contribution in [-0.2, 0) is 6.42 Å². The summed E-state index contributed by atoms with van der Waals surface area (Å²) in [5, 5.41) is 8.03. The number of anilines is 1. The van der Waals surface area contributed by atoms with E-state index in [2.05, 4.69) is 15.4 Å². The Morgan fingerprint density at radius 1 is 1.33 bits per heavy atom. The van der Waals surface area contributed by atoms with Gasteiger partial charge in [-0.05, 0) is 31.5 Å². The number of nitrogens with zero attached hydrogens (tertiary/aromatic N) is 3. The first kappa shape index (κ1) is 11.5. The molecule has 5 heteroatoms. The smallest absolute Gasteiger partial charge is 0.153 e. The normalized spacial score (nSPS) is 16.5. The van der Waals surface area contributed by atoms with Gasteiger partial charge in [-0.3, -0.25) is 0 Å². The van der Waals surface area contributed by atoms with Gasteiger partial charge in [0.05, 0.1) is 11.9 Å². The fourth-order valence-electron chi connectivity index (χ4n) is 2.56. The third kappa shape index (κ3) is 2.31. The predicted molar refractivity (Wildman–Crippen MR) is 71.6 cm³/mol. The van der Waals surface area contributed by atoms with Crippen LogP contribution in [-0.4, -0.2) is 27.2 Å². The highest BCUT2D eigenvalue weighted by Gasteiger charge is 2.15. The molecule has 1 fully saturated rings. The summed E-state index contributed by atoms with van der Waals surface area (Å²) in [6.45, 7) is 0.622. The van der Waals surface area contributed by atoms with Gasteiger partial charge in [0, 0.05) is 12.5 Å². The highest BCUT2D eigenvalue weighted by atomic mass is 15.3. The van der Waals surface area contributed by atoms with Gasteiger partial charge in [0.1, 0.15) is 5.82 Å². The average molecular weight is 245 g/mol. The molecule has 0 spiro atoms. The zero-order valence-corrected chi connectivity index (χ0v) is 10.5. The molecule has 1 aliphatic carbocycles. The van der Waals surface area contributed by atoms with E-state index in [1.807, 2.05) is 22.8 Å². The first-order chi connectivity index (χ1) is 8.85. The maximum Gasteiger partial charge on any atom is 0.153 e. The molecule has 96 valence electrons. The molecule has 1 aliphatic rings. The highest BCUT2D eigenvalue weighted by Crippen LogP contribution is 2.21. The second kappa shape index (κ2) is 4.94. The second-order valence-electron chi connectivity index (χ2n) is 4.92. The summed E-state index contributed by atoms with van der Waals surface area (Å²) in [5.41, 5.74) is 7.43. The molecule has 0 aliphatic heterocycles. The molecule has 0 bridgehead atoms. The van der Waals surface area contributed by atoms with Crippen molar-refractivity contribution in [3.05, 3.63) is 24.0 Å². The number of aromatic nitrogens is 3. The fraction of sp³-hybridized carbons (Fsp3) is 0.538. The van der Waals surface area contributed by atoms with Crippen LogP contribution in [0.15, 0.2) is 18.3 Å². The molecule has 1 saturated carbocycles. The van der Waals surface area contributed by atoms with Crippen LogP contribution in [0.25, 0.3) is 5.65 Å². The Morgan fingerprint density at radius 2 is 2.17 bits per heavy atom. The third-order valence-corrected chi connectivity index (χ3v) is 3.48. The molecule has 2 aromatic heterocycles. The number of imidazole rings is 1. The van der Waals surface area contributed by atoms with Crippen LogP contribution in [0.4, 0.5) is 5.82 Å². The Morgan fingerprint density at radius 3 is 2.94 bits per heavy atom. The standard InChI is InChI=1S/C13H19N5/c14-8-7-11-9-18-13(16-11)6-5-12(17-18)15-10-3-1-2-4-10/h5-6,9-10H,1-4,7-8,14H2,(H,15,17). The molecule has 5 nitrogen and oxygen atoms in total. The number of nitrogens with one attached hydrogen (secondary N) is 1. The Bertz CT molecular complexity index is 527. The van der Waals surface area contributed by atoms with Crippen LogP contribution in [0.5, 0.6) is 0 Å². The van der Waals surface area contributed by atoms with Crippen LogP contribution in [0.3, 0.4) is 0 Å². The van der Waals surface area contributed by atoms with E-state index in [1.54, 1.807) is 0 Å². The second-order valence-corrected chi connectivity index (χ2v) is 4.92. The third-order valence-electron chi connectivity index (χ3n) is 3.48. The Hall–Kier alpha value is -1.62. The molecular weight excluding hydrogens is 226 g/mol. The van der Waals surface area contributed by atoms with Crippen molar-refractivity contribution in [2.75, 3.05) is 11.9 Å². The average Bonchev–Trinajstić information content (AvgIpc) is 2.98. The van der Waals surface area contributed by atoms with E-state index in [0.717, 1.165) is 23.6 Å². The molecular formula is C13H19N5. The van der Waals surface area contributed by atoms with Gasteiger partial charge in [0.15, 0.2) is 5.65 Å². The van der Waals surface area contributed by atoms with Crippen LogP contribution in [0.1, 0.15) is 31.4 Å². The first-order valence-corrected chi connectivity index (χ1v) is 6.67. The quantitative estimate of drug-likeness (QED) is 0.858. The monoisotopic (exact) mass is 245 g/mol. The van der Waals surface area contributed by atoms with E-state index in [1.165, 1.54) is 25.7 Å². The summed E-state index contributed by atoms with van der Waals surface area (Å²) < 4.78 is 1.84. The molecule has 2 heterocycles. The molecule has 0 aromatic carbocycles. The molecule has 0 unspecified atom stereocenters. The molecule has 0 atom stereocenters. The zero-order valence-electron chi connectivity index (χ0n) is 10.5. The van der Waals surface area contributed by atoms with Crippen molar-refractivity contribution < 1.29 is 0 Å². The molecule has 3 N–H and O–H groups in total. The zero-order chi connectivity index (χ0) is 12.4. The van der Waals surface area contributed by atoms with Crippen molar-refractivity contribution in [3.8, 4) is 0 Å². The summed E-state index contributed by atoms with van der Waals surface area (Å²) >= 11 is 0. The lowest BCUT2D eigenvalue weighted by atomic mass is 10.2. The topological polar surface area (TPSA) is 68.2 Å². The lowest BCUT2D eigenvalue weighted by Gasteiger charge is -2.11. The van der Waals surface area contributed by atoms with Crippen molar-refractivity contribution in [2.24, 2.45) is 5.73 Å². The van der Waals surface area contributed by atoms with E-state index in [0.29, 0.717) is 12.6 Å². The number of rotatable bonds is 4. The van der Waals surface area contributed by atoms with Gasteiger partial charge in [-0.1, -0.05) is 12.8 Å². The molecule has 2 aromatic rings. The molecule has 0 saturated heterocycles. The van der Waals surface area contributed by atoms with E-state index in [4.69, 9.17) is 5.73 Å². The number of fused-ring (bicyclic) bond motifs is 1. The Balaban J connectivity index is 1.80. The van der Waals surface area contributed by atoms with Crippen molar-refractivity contribution >= 4 is 11.5 Å². The van der Waals surface area contributed by atoms with Gasteiger partial charge in [-0.2, -0.15) is 0 Å². The predicted octanol–water partition coefficient (Wildman–Crippen LogP) is 1.58. The first-order valence-electron chi connectivity index (χ1n) is 6.67. The molecule has 0 amide bonds. The SMILES string of the molecule is NCCc1cn2nc(NC3CCCC3)ccc2n1. The molecule has 0 radical (unpaired) electrons. The summed E-state index contributed by atoms with van der Waals surface area (Å²) in [5.74, 6) is 0.936. The Labute approximate surface area is 106 Å². The molecule has 18 heavy (non-hydrogen) atoms. The lowest BCUT2D eigenvalue weighted by molar-refractivity contribution is 0.743. The van der Waals surface area contributed by atoms with Crippen molar-refractivity contribution in [2.45, 2.75) is 38.1 Å². The number of hydrogen-bond donors (Lipinski definition) is 2. The van der Waals surface area contributed by atoms with Gasteiger partial charge in [-0.15, -0.1) is 5.10 Å². The minimum atomic E-state index is 0.585. The maximum atomic E-state index is 5.54. The van der Waals surface area contributed by atoms with Gasteiger partial charge < -0.3 is 11.1 Å². The molecule has 3 rings (SSSR count). The van der Waals surface area contributed by atoms with Crippen LogP contribution in [0, 0.1) is 0 Å². The summed E-state index contributed by atoms with van der Waals surface area (Å²) in [6, 6.07) is 4.60. The van der Waals surface area contributed by atoms with Crippen LogP contribution >= 0.6 is 0 Å². The van der Waals surface area contributed by atoms with E-state index >= 15 is 0 Å². The number of nitrogens with two attached hydrogens (primary N) is 1. The van der Waals surface area contributed by atoms with Crippen molar-refractivity contribution in [1.29, 1.82) is 0 Å².